The number of aliphatic imine (C=N–C) groups is 1. The lowest BCUT2D eigenvalue weighted by atomic mass is 9.87. The van der Waals surface area contributed by atoms with Crippen LogP contribution in [-0.2, 0) is 47.6 Å². The summed E-state index contributed by atoms with van der Waals surface area (Å²) in [5.41, 5.74) is 1.34. The predicted octanol–water partition coefficient (Wildman–Crippen LogP) is 5.39. The molecule has 0 spiro atoms. The number of carbonyl (C=O) groups is 5. The van der Waals surface area contributed by atoms with E-state index in [1.165, 1.54) is 20.2 Å². The van der Waals surface area contributed by atoms with E-state index >= 15 is 0 Å². The number of hydrogen-bond donors (Lipinski definition) is 2. The van der Waals surface area contributed by atoms with Crippen molar-refractivity contribution >= 4 is 52.9 Å². The lowest BCUT2D eigenvalue weighted by Crippen LogP contribution is -2.62. The van der Waals surface area contributed by atoms with E-state index in [1.54, 1.807) is 46.4 Å². The Labute approximate surface area is 387 Å². The third-order valence-electron chi connectivity index (χ3n) is 11.5. The smallest absolute Gasteiger partial charge is 0.338 e. The lowest BCUT2D eigenvalue weighted by Gasteiger charge is -2.45. The average Bonchev–Trinajstić information content (AvgIpc) is 3.88. The number of imidazole rings is 1. The molecule has 0 radical (unpaired) electrons. The fourth-order valence-corrected chi connectivity index (χ4v) is 8.09. The first-order valence-electron chi connectivity index (χ1n) is 23.2. The number of esters is 2. The van der Waals surface area contributed by atoms with Crippen molar-refractivity contribution in [1.82, 2.24) is 35.1 Å². The summed E-state index contributed by atoms with van der Waals surface area (Å²) in [6, 6.07) is 8.01. The van der Waals surface area contributed by atoms with Gasteiger partial charge in [0.05, 0.1) is 36.9 Å². The van der Waals surface area contributed by atoms with Crippen molar-refractivity contribution in [3.8, 4) is 0 Å². The summed E-state index contributed by atoms with van der Waals surface area (Å²) in [6.07, 6.45) is 6.29. The van der Waals surface area contributed by atoms with Crippen LogP contribution in [0.15, 0.2) is 48.0 Å². The fourth-order valence-electron chi connectivity index (χ4n) is 8.09. The number of nitrogens with one attached hydrogen (secondary N) is 2. The highest BCUT2D eigenvalue weighted by atomic mass is 16.7. The van der Waals surface area contributed by atoms with Crippen LogP contribution in [0.4, 0.5) is 5.82 Å². The van der Waals surface area contributed by atoms with E-state index in [2.05, 4.69) is 30.6 Å². The molecule has 0 aliphatic carbocycles. The normalized spacial score (nSPS) is 24.0. The summed E-state index contributed by atoms with van der Waals surface area (Å²) in [5, 5.41) is 5.89. The largest absolute Gasteiger partial charge is 0.456 e. The number of ether oxygens (including phenoxy) is 6. The molecule has 2 fully saturated rings. The Kier molecular flexibility index (Phi) is 20.4. The highest BCUT2D eigenvalue weighted by Gasteiger charge is 2.49. The molecule has 362 valence electrons. The zero-order valence-corrected chi connectivity index (χ0v) is 39.4. The van der Waals surface area contributed by atoms with Crippen LogP contribution in [0.3, 0.4) is 0 Å². The van der Waals surface area contributed by atoms with E-state index in [4.69, 9.17) is 28.4 Å². The quantitative estimate of drug-likeness (QED) is 0.0446. The molecule has 1 unspecified atom stereocenters. The van der Waals surface area contributed by atoms with Crippen LogP contribution >= 0.6 is 0 Å². The number of nitrogens with zero attached hydrogens (tertiary/aromatic N) is 6. The molecule has 2 N–H and O–H groups in total. The monoisotopic (exact) mass is 921 g/mol. The van der Waals surface area contributed by atoms with Crippen molar-refractivity contribution in [3.05, 3.63) is 48.5 Å². The number of hydrogen-bond acceptors (Lipinski definition) is 15. The van der Waals surface area contributed by atoms with Crippen LogP contribution in [0.5, 0.6) is 0 Å². The Morgan fingerprint density at radius 3 is 2.26 bits per heavy atom. The van der Waals surface area contributed by atoms with E-state index in [0.717, 1.165) is 25.7 Å². The van der Waals surface area contributed by atoms with Crippen molar-refractivity contribution in [2.24, 2.45) is 10.9 Å². The van der Waals surface area contributed by atoms with Gasteiger partial charge < -0.3 is 48.7 Å². The maximum Gasteiger partial charge on any atom is 0.338 e. The fraction of sp³-hybridized carbons (Fsp3) is 0.638. The maximum absolute atomic E-state index is 13.0. The molecule has 2 aromatic heterocycles. The van der Waals surface area contributed by atoms with E-state index in [0.29, 0.717) is 74.4 Å². The Bertz CT molecular complexity index is 2070. The zero-order valence-electron chi connectivity index (χ0n) is 39.4. The molecule has 0 saturated carbocycles. The summed E-state index contributed by atoms with van der Waals surface area (Å²) < 4.78 is 39.0. The lowest BCUT2D eigenvalue weighted by molar-refractivity contribution is -0.249. The Balaban J connectivity index is 1.04. The molecule has 3 aromatic rings. The van der Waals surface area contributed by atoms with Gasteiger partial charge in [0, 0.05) is 59.5 Å². The van der Waals surface area contributed by atoms with E-state index in [-0.39, 0.29) is 42.5 Å². The van der Waals surface area contributed by atoms with Crippen molar-refractivity contribution in [1.29, 1.82) is 0 Å². The molecular weight excluding hydrogens is 853 g/mol. The number of unbranched alkanes of at least 4 members (excludes halogenated alkanes) is 4. The first kappa shape index (κ1) is 51.6. The second kappa shape index (κ2) is 26.1. The summed E-state index contributed by atoms with van der Waals surface area (Å²) in [4.78, 5) is 82.1. The molecule has 2 aliphatic heterocycles. The molecule has 2 aliphatic rings. The minimum absolute atomic E-state index is 0.0453. The number of benzene rings is 1. The Morgan fingerprint density at radius 2 is 1.55 bits per heavy atom. The summed E-state index contributed by atoms with van der Waals surface area (Å²) in [5.74, 6) is -1.27. The molecule has 5 rings (SSSR count). The number of Topliss-reactive ketones (excluding diaryl/α,β-unsaturated/α-hetero) is 1. The second-order valence-corrected chi connectivity index (χ2v) is 17.1. The molecule has 9 atom stereocenters. The van der Waals surface area contributed by atoms with Gasteiger partial charge in [-0.15, -0.1) is 0 Å². The topological polar surface area (TPSA) is 224 Å². The van der Waals surface area contributed by atoms with Crippen LogP contribution < -0.4 is 10.6 Å². The van der Waals surface area contributed by atoms with E-state index < -0.39 is 54.9 Å². The van der Waals surface area contributed by atoms with Crippen molar-refractivity contribution in [3.63, 3.8) is 0 Å². The van der Waals surface area contributed by atoms with Crippen molar-refractivity contribution in [2.45, 2.75) is 154 Å². The third-order valence-corrected chi connectivity index (χ3v) is 11.5. The Morgan fingerprint density at radius 1 is 0.818 bits per heavy atom. The highest BCUT2D eigenvalue weighted by Crippen LogP contribution is 2.38. The summed E-state index contributed by atoms with van der Waals surface area (Å²) >= 11 is 0. The van der Waals surface area contributed by atoms with Crippen molar-refractivity contribution in [2.75, 3.05) is 33.9 Å². The molecule has 0 bridgehead atoms. The average molecular weight is 921 g/mol. The SMILES string of the molecule is CC[C@H]1O[C@@H](n2cnc3c(/N=C\N(C)C)ncnc32)[C@@H](OC(=O)CCC(C)=O)C1OCCCCCCNC(=O)CCCCO[C@@H]1O[C@H](CC)[C@H](C)[C@H](OC(=O)c2ccccc2)[C@H]1NC(C)=O. The van der Waals surface area contributed by atoms with Gasteiger partial charge in [-0.2, -0.15) is 0 Å². The van der Waals surface area contributed by atoms with Gasteiger partial charge in [0.2, 0.25) is 11.8 Å². The maximum atomic E-state index is 13.0. The molecule has 19 nitrogen and oxygen atoms in total. The zero-order chi connectivity index (χ0) is 47.6. The van der Waals surface area contributed by atoms with Crippen molar-refractivity contribution < 1.29 is 52.4 Å². The summed E-state index contributed by atoms with van der Waals surface area (Å²) in [7, 11) is 3.70. The van der Waals surface area contributed by atoms with Gasteiger partial charge in [-0.05, 0) is 57.6 Å². The molecule has 19 heteroatoms. The second-order valence-electron chi connectivity index (χ2n) is 17.1. The number of rotatable bonds is 26. The number of fused-ring (bicyclic) bond motifs is 1. The minimum Gasteiger partial charge on any atom is -0.456 e. The molecule has 2 amide bonds. The first-order chi connectivity index (χ1) is 31.8. The Hall–Kier alpha value is -5.37. The molecule has 2 saturated heterocycles. The number of ketones is 1. The first-order valence-corrected chi connectivity index (χ1v) is 23.2. The number of carbonyl (C=O) groups excluding carboxylic acids is 5. The van der Waals surface area contributed by atoms with Gasteiger partial charge >= 0.3 is 11.9 Å². The van der Waals surface area contributed by atoms with Gasteiger partial charge in [-0.3, -0.25) is 19.0 Å². The molecule has 66 heavy (non-hydrogen) atoms. The van der Waals surface area contributed by atoms with Crippen LogP contribution in [-0.4, -0.2) is 137 Å². The van der Waals surface area contributed by atoms with E-state index in [1.807, 2.05) is 40.9 Å². The van der Waals surface area contributed by atoms with Gasteiger partial charge in [0.1, 0.15) is 30.4 Å². The van der Waals surface area contributed by atoms with E-state index in [9.17, 15) is 24.0 Å². The molecular formula is C47H68N8O11. The minimum atomic E-state index is -0.833. The number of aromatic nitrogens is 4. The third kappa shape index (κ3) is 14.8. The van der Waals surface area contributed by atoms with Crippen LogP contribution in [0.1, 0.15) is 122 Å². The summed E-state index contributed by atoms with van der Waals surface area (Å²) in [6.45, 7) is 9.98. The van der Waals surface area contributed by atoms with Gasteiger partial charge in [0.15, 0.2) is 35.6 Å². The highest BCUT2D eigenvalue weighted by molar-refractivity contribution is 5.89. The van der Waals surface area contributed by atoms with Crippen LogP contribution in [0.25, 0.3) is 11.2 Å². The molecule has 4 heterocycles. The van der Waals surface area contributed by atoms with Gasteiger partial charge in [-0.25, -0.2) is 24.7 Å². The van der Waals surface area contributed by atoms with Gasteiger partial charge in [0.25, 0.3) is 0 Å². The predicted molar refractivity (Wildman–Crippen MR) is 244 cm³/mol. The van der Waals surface area contributed by atoms with Crippen LogP contribution in [0, 0.1) is 5.92 Å². The molecule has 1 aromatic carbocycles. The van der Waals surface area contributed by atoms with Crippen LogP contribution in [0.2, 0.25) is 0 Å². The number of amides is 2. The van der Waals surface area contributed by atoms with Gasteiger partial charge in [-0.1, -0.05) is 51.8 Å². The standard InChI is InChI=1S/C47H68N8O11/c1-8-34-31(4)40(66-46(60)33-19-13-12-14-20-33)38(53-32(5)57)47(64-34)62-26-18-15-21-36(58)48-24-16-10-11-17-25-61-41-35(9-2)63-45(42(41)65-37(59)23-22-30(3)56)55-29-51-39-43(52-28-54(6)7)49-27-50-44(39)55/h12-14,19-20,27-29,31,34-35,38,40-42,45,47H,8-11,15-18,21-26H2,1-7H3,(H,48,58)(H,53,57)/b52-28-/t31-,34+,35+,38+,40-,41?,42-,45+,47+/m0/s1.